The van der Waals surface area contributed by atoms with E-state index in [9.17, 15) is 0 Å². The Labute approximate surface area is 131 Å². The molecule has 2 aliphatic heterocycles. The van der Waals surface area contributed by atoms with Crippen LogP contribution in [0.25, 0.3) is 0 Å². The van der Waals surface area contributed by atoms with E-state index in [-0.39, 0.29) is 5.54 Å². The Morgan fingerprint density at radius 2 is 1.95 bits per heavy atom. The zero-order valence-electron chi connectivity index (χ0n) is 14.5. The first-order valence-corrected chi connectivity index (χ1v) is 8.78. The van der Waals surface area contributed by atoms with Gasteiger partial charge in [-0.05, 0) is 60.0 Å². The van der Waals surface area contributed by atoms with Gasteiger partial charge in [0.25, 0.3) is 0 Å². The van der Waals surface area contributed by atoms with Gasteiger partial charge in [-0.1, -0.05) is 0 Å². The molecule has 2 unspecified atom stereocenters. The van der Waals surface area contributed by atoms with E-state index in [2.05, 4.69) is 42.8 Å². The molecule has 124 valence electrons. The molecule has 4 heteroatoms. The fourth-order valence-electron chi connectivity index (χ4n) is 3.52. The molecule has 2 heterocycles. The molecule has 0 aliphatic carbocycles. The summed E-state index contributed by atoms with van der Waals surface area (Å²) in [5.74, 6) is 0. The fourth-order valence-corrected chi connectivity index (χ4v) is 3.52. The van der Waals surface area contributed by atoms with Gasteiger partial charge in [0.1, 0.15) is 0 Å². The van der Waals surface area contributed by atoms with Gasteiger partial charge in [-0.3, -0.25) is 9.80 Å². The van der Waals surface area contributed by atoms with E-state index in [4.69, 9.17) is 4.74 Å². The normalized spacial score (nSPS) is 28.9. The second kappa shape index (κ2) is 7.91. The molecule has 0 bridgehead atoms. The van der Waals surface area contributed by atoms with Crippen LogP contribution in [-0.4, -0.2) is 73.4 Å². The van der Waals surface area contributed by atoms with Crippen molar-refractivity contribution in [2.45, 2.75) is 64.6 Å². The van der Waals surface area contributed by atoms with Crippen LogP contribution in [0.4, 0.5) is 0 Å². The maximum Gasteiger partial charge on any atom is 0.0602 e. The van der Waals surface area contributed by atoms with Gasteiger partial charge < -0.3 is 10.1 Å². The van der Waals surface area contributed by atoms with E-state index in [1.165, 1.54) is 45.4 Å². The molecule has 0 saturated carbocycles. The average Bonchev–Trinajstić information content (AvgIpc) is 2.79. The largest absolute Gasteiger partial charge is 0.377 e. The highest BCUT2D eigenvalue weighted by molar-refractivity contribution is 4.81. The highest BCUT2D eigenvalue weighted by atomic mass is 16.5. The van der Waals surface area contributed by atoms with Crippen LogP contribution in [0.5, 0.6) is 0 Å². The van der Waals surface area contributed by atoms with Crippen LogP contribution in [0.2, 0.25) is 0 Å². The molecule has 1 N–H and O–H groups in total. The molecule has 0 aromatic rings. The van der Waals surface area contributed by atoms with Crippen molar-refractivity contribution in [2.75, 3.05) is 45.9 Å². The van der Waals surface area contributed by atoms with Gasteiger partial charge in [-0.2, -0.15) is 0 Å². The van der Waals surface area contributed by atoms with Crippen LogP contribution in [0.3, 0.4) is 0 Å². The van der Waals surface area contributed by atoms with E-state index < -0.39 is 0 Å². The smallest absolute Gasteiger partial charge is 0.0602 e. The second-order valence-electron chi connectivity index (χ2n) is 7.66. The van der Waals surface area contributed by atoms with Crippen molar-refractivity contribution >= 4 is 0 Å². The summed E-state index contributed by atoms with van der Waals surface area (Å²) >= 11 is 0. The highest BCUT2D eigenvalue weighted by Gasteiger charge is 2.27. The van der Waals surface area contributed by atoms with E-state index in [0.29, 0.717) is 12.1 Å². The molecule has 2 aliphatic rings. The third-order valence-electron chi connectivity index (χ3n) is 4.99. The van der Waals surface area contributed by atoms with Gasteiger partial charge in [0.05, 0.1) is 12.7 Å². The van der Waals surface area contributed by atoms with Gasteiger partial charge in [0, 0.05) is 37.8 Å². The van der Waals surface area contributed by atoms with E-state index in [0.717, 1.165) is 19.7 Å². The van der Waals surface area contributed by atoms with E-state index in [1.54, 1.807) is 0 Å². The molecule has 0 amide bonds. The zero-order valence-corrected chi connectivity index (χ0v) is 14.5. The Hall–Kier alpha value is -0.160. The number of nitrogens with one attached hydrogen (secondary N) is 1. The van der Waals surface area contributed by atoms with Crippen LogP contribution < -0.4 is 5.32 Å². The van der Waals surface area contributed by atoms with Crippen LogP contribution in [0.15, 0.2) is 0 Å². The minimum atomic E-state index is 0.264. The topological polar surface area (TPSA) is 27.7 Å². The molecule has 0 radical (unpaired) electrons. The lowest BCUT2D eigenvalue weighted by molar-refractivity contribution is 0.0335. The summed E-state index contributed by atoms with van der Waals surface area (Å²) in [5, 5.41) is 3.49. The molecule has 4 nitrogen and oxygen atoms in total. The van der Waals surface area contributed by atoms with Gasteiger partial charge in [0.15, 0.2) is 0 Å². The summed E-state index contributed by atoms with van der Waals surface area (Å²) in [6.45, 7) is 17.1. The second-order valence-corrected chi connectivity index (χ2v) is 7.66. The zero-order chi connectivity index (χ0) is 15.3. The van der Waals surface area contributed by atoms with Crippen LogP contribution >= 0.6 is 0 Å². The number of hydrogen-bond donors (Lipinski definition) is 1. The average molecular weight is 297 g/mol. The lowest BCUT2D eigenvalue weighted by Gasteiger charge is -2.34. The molecule has 2 atom stereocenters. The number of rotatable bonds is 3. The van der Waals surface area contributed by atoms with Crippen molar-refractivity contribution in [2.24, 2.45) is 0 Å². The first-order valence-electron chi connectivity index (χ1n) is 8.78. The fraction of sp³-hybridized carbons (Fsp3) is 1.00. The van der Waals surface area contributed by atoms with Crippen molar-refractivity contribution in [3.05, 3.63) is 0 Å². The SMILES string of the molecule is CC(CC1CCN(C(C)(C)C)CCO1)N1CCCNCC1. The summed E-state index contributed by atoms with van der Waals surface area (Å²) in [6, 6.07) is 0.635. The van der Waals surface area contributed by atoms with Crippen molar-refractivity contribution in [3.8, 4) is 0 Å². The Bertz CT molecular complexity index is 295. The summed E-state index contributed by atoms with van der Waals surface area (Å²) in [6.07, 6.45) is 4.06. The standard InChI is InChI=1S/C17H35N3O/c1-15(19-9-5-7-18-8-11-19)14-16-6-10-20(12-13-21-16)17(2,3)4/h15-16,18H,5-14H2,1-4H3. The summed E-state index contributed by atoms with van der Waals surface area (Å²) in [7, 11) is 0. The molecule has 2 fully saturated rings. The Kier molecular flexibility index (Phi) is 6.48. The minimum Gasteiger partial charge on any atom is -0.377 e. The Morgan fingerprint density at radius 3 is 2.71 bits per heavy atom. The van der Waals surface area contributed by atoms with Crippen LogP contribution in [0, 0.1) is 0 Å². The van der Waals surface area contributed by atoms with Crippen molar-refractivity contribution in [1.29, 1.82) is 0 Å². The Morgan fingerprint density at radius 1 is 1.14 bits per heavy atom. The number of ether oxygens (including phenoxy) is 1. The summed E-state index contributed by atoms with van der Waals surface area (Å²) < 4.78 is 6.14. The highest BCUT2D eigenvalue weighted by Crippen LogP contribution is 2.20. The van der Waals surface area contributed by atoms with Gasteiger partial charge >= 0.3 is 0 Å². The predicted molar refractivity (Wildman–Crippen MR) is 88.8 cm³/mol. The lowest BCUT2D eigenvalue weighted by Crippen LogP contribution is -2.42. The molecule has 0 aromatic carbocycles. The molecule has 0 spiro atoms. The maximum absolute atomic E-state index is 6.14. The summed E-state index contributed by atoms with van der Waals surface area (Å²) in [4.78, 5) is 5.20. The minimum absolute atomic E-state index is 0.264. The maximum atomic E-state index is 6.14. The monoisotopic (exact) mass is 297 g/mol. The quantitative estimate of drug-likeness (QED) is 0.862. The third-order valence-corrected chi connectivity index (χ3v) is 4.99. The van der Waals surface area contributed by atoms with Crippen LogP contribution in [-0.2, 0) is 4.74 Å². The Balaban J connectivity index is 1.79. The van der Waals surface area contributed by atoms with Gasteiger partial charge in [-0.15, -0.1) is 0 Å². The third kappa shape index (κ3) is 5.51. The first kappa shape index (κ1) is 17.2. The van der Waals surface area contributed by atoms with Crippen molar-refractivity contribution in [3.63, 3.8) is 0 Å². The van der Waals surface area contributed by atoms with Crippen LogP contribution in [0.1, 0.15) is 47.0 Å². The number of hydrogen-bond acceptors (Lipinski definition) is 4. The van der Waals surface area contributed by atoms with Gasteiger partial charge in [-0.25, -0.2) is 0 Å². The first-order chi connectivity index (χ1) is 9.97. The van der Waals surface area contributed by atoms with Crippen molar-refractivity contribution in [1.82, 2.24) is 15.1 Å². The van der Waals surface area contributed by atoms with E-state index in [1.807, 2.05) is 0 Å². The molecule has 2 rings (SSSR count). The van der Waals surface area contributed by atoms with E-state index >= 15 is 0 Å². The molecule has 21 heavy (non-hydrogen) atoms. The van der Waals surface area contributed by atoms with Gasteiger partial charge in [0.2, 0.25) is 0 Å². The molecule has 0 aromatic heterocycles. The van der Waals surface area contributed by atoms with Crippen molar-refractivity contribution < 1.29 is 4.74 Å². The number of nitrogens with zero attached hydrogens (tertiary/aromatic N) is 2. The predicted octanol–water partition coefficient (Wildman–Crippen LogP) is 1.95. The molecular formula is C17H35N3O. The summed E-state index contributed by atoms with van der Waals surface area (Å²) in [5.41, 5.74) is 0.264. The molecular weight excluding hydrogens is 262 g/mol. The lowest BCUT2D eigenvalue weighted by atomic mass is 10.0. The molecule has 2 saturated heterocycles.